The SMILES string of the molecule is [B]C([B])([B])n1cc(-c2cc(OC)c(C=C=O)c(OC)c2)c2cc(C3CC3)ncc2c1=O. The second-order valence-corrected chi connectivity index (χ2v) is 7.59. The molecule has 0 N–H and O–H groups in total. The smallest absolute Gasteiger partial charge is 0.258 e. The number of carbonyl (C=O) groups excluding carboxylic acids is 1. The van der Waals surface area contributed by atoms with Crippen LogP contribution in [0.4, 0.5) is 0 Å². The van der Waals surface area contributed by atoms with Crippen LogP contribution in [0.5, 0.6) is 11.5 Å². The van der Waals surface area contributed by atoms with Gasteiger partial charge in [-0.25, -0.2) is 4.79 Å². The maximum absolute atomic E-state index is 13.0. The second-order valence-electron chi connectivity index (χ2n) is 7.59. The zero-order valence-corrected chi connectivity index (χ0v) is 17.2. The summed E-state index contributed by atoms with van der Waals surface area (Å²) in [5, 5.41) is -0.892. The fourth-order valence-electron chi connectivity index (χ4n) is 3.67. The standard InChI is InChI=1S/C22H17B3N2O4/c1-30-19-7-13(8-20(31-2)14(19)5-6-28)17-11-27(22(23,24)25)21(29)16-10-26-18(9-15(16)17)12-3-4-12/h5,7-12H,3-4H2,1-2H3. The third-order valence-corrected chi connectivity index (χ3v) is 5.39. The zero-order chi connectivity index (χ0) is 22.3. The quantitative estimate of drug-likeness (QED) is 0.462. The van der Waals surface area contributed by atoms with Crippen molar-refractivity contribution in [3.63, 3.8) is 0 Å². The highest BCUT2D eigenvalue weighted by Gasteiger charge is 2.27. The van der Waals surface area contributed by atoms with E-state index in [0.717, 1.165) is 23.1 Å². The van der Waals surface area contributed by atoms with E-state index >= 15 is 0 Å². The molecule has 6 nitrogen and oxygen atoms in total. The summed E-state index contributed by atoms with van der Waals surface area (Å²) in [4.78, 5) is 28.4. The molecular weight excluding hydrogens is 389 g/mol. The molecule has 0 bridgehead atoms. The zero-order valence-electron chi connectivity index (χ0n) is 17.2. The molecular formula is C22H17B3N2O4. The summed E-state index contributed by atoms with van der Waals surface area (Å²) in [6.07, 6.45) is 6.42. The Morgan fingerprint density at radius 2 is 1.77 bits per heavy atom. The average molecular weight is 406 g/mol. The van der Waals surface area contributed by atoms with Crippen LogP contribution in [-0.4, -0.2) is 53.3 Å². The molecule has 31 heavy (non-hydrogen) atoms. The number of nitrogens with zero attached hydrogens (tertiary/aromatic N) is 2. The highest BCUT2D eigenvalue weighted by molar-refractivity contribution is 6.56. The van der Waals surface area contributed by atoms with Gasteiger partial charge < -0.3 is 14.0 Å². The fourth-order valence-corrected chi connectivity index (χ4v) is 3.67. The van der Waals surface area contributed by atoms with Crippen LogP contribution >= 0.6 is 0 Å². The van der Waals surface area contributed by atoms with Gasteiger partial charge in [0.25, 0.3) is 5.56 Å². The van der Waals surface area contributed by atoms with Crippen molar-refractivity contribution in [1.82, 2.24) is 9.55 Å². The number of hydrogen-bond donors (Lipinski definition) is 0. The number of hydrogen-bond acceptors (Lipinski definition) is 5. The Kier molecular flexibility index (Phi) is 5.32. The summed E-state index contributed by atoms with van der Waals surface area (Å²) in [6, 6.07) is 5.38. The van der Waals surface area contributed by atoms with Gasteiger partial charge in [-0.3, -0.25) is 9.78 Å². The van der Waals surface area contributed by atoms with Crippen LogP contribution in [0.3, 0.4) is 0 Å². The monoisotopic (exact) mass is 406 g/mol. The molecule has 2 aromatic heterocycles. The van der Waals surface area contributed by atoms with Crippen LogP contribution < -0.4 is 15.0 Å². The highest BCUT2D eigenvalue weighted by Crippen LogP contribution is 2.42. The predicted molar refractivity (Wildman–Crippen MR) is 122 cm³/mol. The maximum atomic E-state index is 13.0. The Labute approximate surface area is 183 Å². The Morgan fingerprint density at radius 1 is 1.13 bits per heavy atom. The Bertz CT molecular complexity index is 1260. The van der Waals surface area contributed by atoms with Gasteiger partial charge in [0.05, 0.1) is 48.7 Å². The van der Waals surface area contributed by atoms with Crippen LogP contribution in [-0.2, 0) is 10.0 Å². The lowest BCUT2D eigenvalue weighted by molar-refractivity contribution is 0.393. The van der Waals surface area contributed by atoms with Gasteiger partial charge in [-0.1, -0.05) is 5.24 Å². The first-order valence-electron chi connectivity index (χ1n) is 9.68. The second kappa shape index (κ2) is 7.82. The number of fused-ring (bicyclic) bond motifs is 1. The summed E-state index contributed by atoms with van der Waals surface area (Å²) in [7, 11) is 20.6. The van der Waals surface area contributed by atoms with E-state index in [1.807, 2.05) is 6.07 Å². The molecule has 0 spiro atoms. The average Bonchev–Trinajstić information content (AvgIpc) is 3.58. The first kappa shape index (κ1) is 21.1. The van der Waals surface area contributed by atoms with E-state index < -0.39 is 10.8 Å². The van der Waals surface area contributed by atoms with Gasteiger partial charge in [0, 0.05) is 35.6 Å². The molecule has 9 heteroatoms. The van der Waals surface area contributed by atoms with Crippen LogP contribution in [0.2, 0.25) is 0 Å². The molecule has 0 saturated heterocycles. The van der Waals surface area contributed by atoms with Crippen molar-refractivity contribution in [3.8, 4) is 22.6 Å². The van der Waals surface area contributed by atoms with Crippen LogP contribution in [0.1, 0.15) is 30.0 Å². The van der Waals surface area contributed by atoms with E-state index in [4.69, 9.17) is 33.0 Å². The number of ether oxygens (including phenoxy) is 2. The Hall–Kier alpha value is -3.18. The summed E-state index contributed by atoms with van der Waals surface area (Å²) in [5.41, 5.74) is 2.23. The van der Waals surface area contributed by atoms with Gasteiger partial charge in [-0.15, -0.1) is 0 Å². The number of aromatic nitrogens is 2. The molecule has 1 aromatic carbocycles. The fraction of sp³-hybridized carbons (Fsp3) is 0.273. The highest BCUT2D eigenvalue weighted by atomic mass is 16.5. The maximum Gasteiger partial charge on any atom is 0.258 e. The third-order valence-electron chi connectivity index (χ3n) is 5.39. The molecule has 1 aliphatic carbocycles. The minimum Gasteiger partial charge on any atom is -0.496 e. The summed E-state index contributed by atoms with van der Waals surface area (Å²) < 4.78 is 12.0. The van der Waals surface area contributed by atoms with Gasteiger partial charge >= 0.3 is 0 Å². The molecule has 0 amide bonds. The molecule has 1 aliphatic rings. The minimum absolute atomic E-state index is 0.336. The van der Waals surface area contributed by atoms with Crippen molar-refractivity contribution >= 4 is 46.3 Å². The lowest BCUT2D eigenvalue weighted by Gasteiger charge is -2.26. The number of benzene rings is 1. The van der Waals surface area contributed by atoms with Gasteiger partial charge in [-0.2, -0.15) is 0 Å². The lowest BCUT2D eigenvalue weighted by Crippen LogP contribution is -2.42. The van der Waals surface area contributed by atoms with Crippen LogP contribution in [0.25, 0.3) is 28.0 Å². The van der Waals surface area contributed by atoms with Crippen molar-refractivity contribution in [2.24, 2.45) is 0 Å². The number of pyridine rings is 2. The van der Waals surface area contributed by atoms with Crippen molar-refractivity contribution in [3.05, 3.63) is 52.2 Å². The lowest BCUT2D eigenvalue weighted by atomic mass is 9.49. The van der Waals surface area contributed by atoms with Gasteiger partial charge in [0.15, 0.2) is 0 Å². The van der Waals surface area contributed by atoms with Gasteiger partial charge in [-0.05, 0) is 42.0 Å². The predicted octanol–water partition coefficient (Wildman–Crippen LogP) is 1.88. The molecule has 0 atom stereocenters. The molecule has 0 aliphatic heterocycles. The summed E-state index contributed by atoms with van der Waals surface area (Å²) >= 11 is 0. The first-order valence-corrected chi connectivity index (χ1v) is 9.68. The van der Waals surface area contributed by atoms with E-state index in [1.165, 1.54) is 32.7 Å². The normalized spacial score (nSPS) is 13.6. The van der Waals surface area contributed by atoms with Crippen molar-refractivity contribution < 1.29 is 14.3 Å². The molecule has 1 fully saturated rings. The van der Waals surface area contributed by atoms with Gasteiger partial charge in [0.1, 0.15) is 17.4 Å². The van der Waals surface area contributed by atoms with E-state index in [0.29, 0.717) is 44.9 Å². The summed E-state index contributed by atoms with van der Waals surface area (Å²) in [6.45, 7) is 0. The molecule has 1 saturated carbocycles. The van der Waals surface area contributed by atoms with Gasteiger partial charge in [0.2, 0.25) is 0 Å². The molecule has 4 rings (SSSR count). The third kappa shape index (κ3) is 3.82. The molecule has 0 unspecified atom stereocenters. The minimum atomic E-state index is -1.91. The van der Waals surface area contributed by atoms with E-state index in [1.54, 1.807) is 18.1 Å². The Balaban J connectivity index is 2.08. The van der Waals surface area contributed by atoms with E-state index in [2.05, 4.69) is 4.98 Å². The van der Waals surface area contributed by atoms with E-state index in [9.17, 15) is 9.59 Å². The van der Waals surface area contributed by atoms with Crippen molar-refractivity contribution in [1.29, 1.82) is 0 Å². The van der Waals surface area contributed by atoms with Crippen LogP contribution in [0, 0.1) is 0 Å². The van der Waals surface area contributed by atoms with E-state index in [-0.39, 0.29) is 0 Å². The molecule has 6 radical (unpaired) electrons. The largest absolute Gasteiger partial charge is 0.496 e. The first-order chi connectivity index (χ1) is 14.8. The Morgan fingerprint density at radius 3 is 2.29 bits per heavy atom. The number of rotatable bonds is 6. The molecule has 2 heterocycles. The molecule has 148 valence electrons. The topological polar surface area (TPSA) is 70.4 Å². The van der Waals surface area contributed by atoms with Crippen molar-refractivity contribution in [2.45, 2.75) is 24.0 Å². The van der Waals surface area contributed by atoms with Crippen LogP contribution in [0.15, 0.2) is 35.4 Å². The summed E-state index contributed by atoms with van der Waals surface area (Å²) in [5.74, 6) is 2.94. The molecule has 3 aromatic rings. The number of methoxy groups -OCH3 is 2. The van der Waals surface area contributed by atoms with Crippen molar-refractivity contribution in [2.75, 3.05) is 14.2 Å².